The van der Waals surface area contributed by atoms with E-state index in [9.17, 15) is 5.11 Å². The number of hydrogen-bond acceptors (Lipinski definition) is 5. The van der Waals surface area contributed by atoms with Gasteiger partial charge in [-0.25, -0.2) is 9.97 Å². The fourth-order valence-corrected chi connectivity index (χ4v) is 1.77. The summed E-state index contributed by atoms with van der Waals surface area (Å²) in [5.41, 5.74) is 0.663. The zero-order valence-electron chi connectivity index (χ0n) is 12.9. The number of likely N-dealkylation sites (N-methyl/N-ethyl adjacent to an activating group) is 1. The van der Waals surface area contributed by atoms with Crippen LogP contribution in [0.2, 0.25) is 0 Å². The van der Waals surface area contributed by atoms with Crippen molar-refractivity contribution in [1.29, 1.82) is 0 Å². The molecule has 0 aliphatic rings. The number of aryl methyl sites for hydroxylation is 1. The van der Waals surface area contributed by atoms with Gasteiger partial charge in [0.2, 0.25) is 0 Å². The van der Waals surface area contributed by atoms with E-state index in [0.29, 0.717) is 0 Å². The fraction of sp³-hybridized carbons (Fsp3) is 0.714. The molecule has 0 unspecified atom stereocenters. The van der Waals surface area contributed by atoms with Crippen molar-refractivity contribution in [2.45, 2.75) is 46.6 Å². The van der Waals surface area contributed by atoms with Gasteiger partial charge in [-0.1, -0.05) is 6.92 Å². The van der Waals surface area contributed by atoms with Gasteiger partial charge in [-0.3, -0.25) is 0 Å². The van der Waals surface area contributed by atoms with Crippen LogP contribution in [0.25, 0.3) is 0 Å². The minimum absolute atomic E-state index is 0.0743. The number of aromatic nitrogens is 2. The van der Waals surface area contributed by atoms with Crippen LogP contribution in [0.3, 0.4) is 0 Å². The fourth-order valence-electron chi connectivity index (χ4n) is 1.77. The van der Waals surface area contributed by atoms with E-state index in [1.54, 1.807) is 0 Å². The molecule has 0 saturated heterocycles. The highest BCUT2D eigenvalue weighted by molar-refractivity contribution is 5.59. The van der Waals surface area contributed by atoms with Gasteiger partial charge in [0, 0.05) is 25.6 Å². The van der Waals surface area contributed by atoms with E-state index in [1.165, 1.54) is 0 Å². The molecule has 108 valence electrons. The highest BCUT2D eigenvalue weighted by atomic mass is 16.3. The normalized spacial score (nSPS) is 11.5. The molecule has 19 heavy (non-hydrogen) atoms. The van der Waals surface area contributed by atoms with E-state index >= 15 is 0 Å². The number of aliphatic hydroxyl groups is 1. The summed E-state index contributed by atoms with van der Waals surface area (Å²) >= 11 is 0. The third kappa shape index (κ3) is 3.35. The quantitative estimate of drug-likeness (QED) is 0.824. The third-order valence-electron chi connectivity index (χ3n) is 3.44. The van der Waals surface area contributed by atoms with Crippen molar-refractivity contribution in [3.05, 3.63) is 11.4 Å². The second kappa shape index (κ2) is 6.19. The van der Waals surface area contributed by atoms with Crippen molar-refractivity contribution in [3.8, 4) is 0 Å². The maximum absolute atomic E-state index is 9.52. The molecule has 0 bridgehead atoms. The first-order valence-electron chi connectivity index (χ1n) is 6.83. The number of rotatable bonds is 6. The molecule has 5 nitrogen and oxygen atoms in total. The van der Waals surface area contributed by atoms with Gasteiger partial charge in [0.15, 0.2) is 0 Å². The lowest BCUT2D eigenvalue weighted by atomic mass is 10.0. The molecule has 0 aromatic carbocycles. The Balaban J connectivity index is 3.29. The van der Waals surface area contributed by atoms with E-state index in [0.717, 1.165) is 36.0 Å². The largest absolute Gasteiger partial charge is 0.394 e. The first-order valence-corrected chi connectivity index (χ1v) is 6.83. The minimum atomic E-state index is -0.354. The van der Waals surface area contributed by atoms with Gasteiger partial charge in [0.1, 0.15) is 17.5 Å². The Kier molecular flexibility index (Phi) is 5.11. The highest BCUT2D eigenvalue weighted by Gasteiger charge is 2.26. The molecule has 0 radical (unpaired) electrons. The van der Waals surface area contributed by atoms with Crippen molar-refractivity contribution in [2.75, 3.05) is 30.4 Å². The lowest BCUT2D eigenvalue weighted by molar-refractivity contribution is 0.215. The monoisotopic (exact) mass is 266 g/mol. The van der Waals surface area contributed by atoms with E-state index in [2.05, 4.69) is 15.3 Å². The number of nitrogens with one attached hydrogen (secondary N) is 1. The van der Waals surface area contributed by atoms with Crippen LogP contribution in [-0.2, 0) is 6.42 Å². The van der Waals surface area contributed by atoms with E-state index in [4.69, 9.17) is 0 Å². The Labute approximate surface area is 116 Å². The van der Waals surface area contributed by atoms with Gasteiger partial charge in [0.25, 0.3) is 0 Å². The van der Waals surface area contributed by atoms with Crippen LogP contribution in [0.15, 0.2) is 0 Å². The molecule has 1 aromatic heterocycles. The molecule has 1 rings (SSSR count). The molecule has 0 atom stereocenters. The van der Waals surface area contributed by atoms with Gasteiger partial charge in [0.05, 0.1) is 12.1 Å². The van der Waals surface area contributed by atoms with Gasteiger partial charge in [-0.15, -0.1) is 0 Å². The van der Waals surface area contributed by atoms with Crippen LogP contribution in [0, 0.1) is 6.92 Å². The average Bonchev–Trinajstić information content (AvgIpc) is 2.40. The van der Waals surface area contributed by atoms with Crippen LogP contribution in [-0.4, -0.2) is 40.8 Å². The van der Waals surface area contributed by atoms with Crippen LogP contribution in [0.5, 0.6) is 0 Å². The van der Waals surface area contributed by atoms with Crippen molar-refractivity contribution in [1.82, 2.24) is 9.97 Å². The van der Waals surface area contributed by atoms with Gasteiger partial charge in [-0.05, 0) is 27.7 Å². The summed E-state index contributed by atoms with van der Waals surface area (Å²) in [5.74, 6) is 2.57. The highest BCUT2D eigenvalue weighted by Crippen LogP contribution is 2.27. The van der Waals surface area contributed by atoms with Crippen molar-refractivity contribution in [2.24, 2.45) is 0 Å². The lowest BCUT2D eigenvalue weighted by Crippen LogP contribution is -2.45. The summed E-state index contributed by atoms with van der Waals surface area (Å²) in [6, 6.07) is 0. The van der Waals surface area contributed by atoms with E-state index in [-0.39, 0.29) is 12.1 Å². The summed E-state index contributed by atoms with van der Waals surface area (Å²) in [6.45, 7) is 11.0. The Morgan fingerprint density at radius 3 is 2.37 bits per heavy atom. The molecular weight excluding hydrogens is 240 g/mol. The molecule has 0 fully saturated rings. The molecule has 0 aliphatic carbocycles. The van der Waals surface area contributed by atoms with E-state index < -0.39 is 0 Å². The summed E-state index contributed by atoms with van der Waals surface area (Å²) < 4.78 is 0. The SMILES string of the molecule is CCNc1nc(CC)nc(N(C)C(C)(C)CO)c1C. The standard InChI is InChI=1S/C14H26N4O/c1-7-11-16-12(15-8-2)10(3)13(17-11)18(6)14(4,5)9-19/h19H,7-9H2,1-6H3,(H,15,16,17). The summed E-state index contributed by atoms with van der Waals surface area (Å²) in [7, 11) is 1.96. The zero-order valence-corrected chi connectivity index (χ0v) is 12.9. The lowest BCUT2D eigenvalue weighted by Gasteiger charge is -2.36. The summed E-state index contributed by atoms with van der Waals surface area (Å²) in [5, 5.41) is 12.8. The first-order chi connectivity index (χ1) is 8.87. The zero-order chi connectivity index (χ0) is 14.6. The molecule has 0 spiro atoms. The van der Waals surface area contributed by atoms with Gasteiger partial charge < -0.3 is 15.3 Å². The second-order valence-electron chi connectivity index (χ2n) is 5.35. The van der Waals surface area contributed by atoms with Crippen LogP contribution in [0.4, 0.5) is 11.6 Å². The summed E-state index contributed by atoms with van der Waals surface area (Å²) in [6.07, 6.45) is 0.791. The minimum Gasteiger partial charge on any atom is -0.394 e. The van der Waals surface area contributed by atoms with E-state index in [1.807, 2.05) is 46.6 Å². The molecule has 0 saturated carbocycles. The molecule has 2 N–H and O–H groups in total. The Morgan fingerprint density at radius 2 is 1.89 bits per heavy atom. The number of nitrogens with zero attached hydrogens (tertiary/aromatic N) is 3. The van der Waals surface area contributed by atoms with Crippen molar-refractivity contribution < 1.29 is 5.11 Å². The Bertz CT molecular complexity index is 432. The predicted molar refractivity (Wildman–Crippen MR) is 79.9 cm³/mol. The molecule has 0 amide bonds. The Morgan fingerprint density at radius 1 is 1.26 bits per heavy atom. The maximum atomic E-state index is 9.52. The first kappa shape index (κ1) is 15.7. The molecule has 1 heterocycles. The maximum Gasteiger partial charge on any atom is 0.137 e. The number of hydrogen-bond donors (Lipinski definition) is 2. The predicted octanol–water partition coefficient (Wildman–Crippen LogP) is 1.99. The number of aliphatic hydroxyl groups excluding tert-OH is 1. The van der Waals surface area contributed by atoms with Crippen LogP contribution >= 0.6 is 0 Å². The molecule has 1 aromatic rings. The van der Waals surface area contributed by atoms with Gasteiger partial charge in [-0.2, -0.15) is 0 Å². The van der Waals surface area contributed by atoms with Crippen LogP contribution in [0.1, 0.15) is 39.1 Å². The Hall–Kier alpha value is -1.36. The average molecular weight is 266 g/mol. The second-order valence-corrected chi connectivity index (χ2v) is 5.35. The van der Waals surface area contributed by atoms with Gasteiger partial charge >= 0.3 is 0 Å². The smallest absolute Gasteiger partial charge is 0.137 e. The van der Waals surface area contributed by atoms with Crippen LogP contribution < -0.4 is 10.2 Å². The molecule has 5 heteroatoms. The van der Waals surface area contributed by atoms with Crippen molar-refractivity contribution >= 4 is 11.6 Å². The summed E-state index contributed by atoms with van der Waals surface area (Å²) in [4.78, 5) is 11.1. The third-order valence-corrected chi connectivity index (χ3v) is 3.44. The molecular formula is C14H26N4O. The molecule has 0 aliphatic heterocycles. The topological polar surface area (TPSA) is 61.3 Å². The number of anilines is 2. The van der Waals surface area contributed by atoms with Crippen molar-refractivity contribution in [3.63, 3.8) is 0 Å².